The van der Waals surface area contributed by atoms with E-state index >= 15 is 0 Å². The van der Waals surface area contributed by atoms with Crippen LogP contribution in [-0.4, -0.2) is 26.9 Å². The SMILES string of the molecule is Cc1nn(-c2ccccc2)c2sc(C(=O)N/N=C/c3ccc[nH]3)cc12. The van der Waals surface area contributed by atoms with E-state index in [4.69, 9.17) is 0 Å². The molecule has 0 aliphatic carbocycles. The van der Waals surface area contributed by atoms with E-state index in [0.29, 0.717) is 4.88 Å². The van der Waals surface area contributed by atoms with Crippen LogP contribution in [0.15, 0.2) is 59.8 Å². The van der Waals surface area contributed by atoms with Crippen LogP contribution in [0.1, 0.15) is 21.1 Å². The topological polar surface area (TPSA) is 75.1 Å². The van der Waals surface area contributed by atoms with E-state index in [0.717, 1.165) is 27.3 Å². The van der Waals surface area contributed by atoms with Crippen molar-refractivity contribution in [1.82, 2.24) is 20.2 Å². The summed E-state index contributed by atoms with van der Waals surface area (Å²) in [5.74, 6) is -0.233. The van der Waals surface area contributed by atoms with Crippen LogP contribution in [0.2, 0.25) is 0 Å². The smallest absolute Gasteiger partial charge is 0.281 e. The Morgan fingerprint density at radius 2 is 2.12 bits per heavy atom. The summed E-state index contributed by atoms with van der Waals surface area (Å²) >= 11 is 1.40. The Bertz CT molecular complexity index is 1040. The second-order valence-electron chi connectivity index (χ2n) is 5.49. The van der Waals surface area contributed by atoms with E-state index < -0.39 is 0 Å². The number of rotatable bonds is 4. The number of carbonyl (C=O) groups excluding carboxylic acids is 1. The number of benzene rings is 1. The first-order chi connectivity index (χ1) is 12.2. The van der Waals surface area contributed by atoms with Crippen LogP contribution in [0, 0.1) is 6.92 Å². The molecule has 6 nitrogen and oxygen atoms in total. The summed E-state index contributed by atoms with van der Waals surface area (Å²) in [6.45, 7) is 1.94. The first kappa shape index (κ1) is 15.3. The molecule has 2 N–H and O–H groups in total. The fourth-order valence-electron chi connectivity index (χ4n) is 2.54. The largest absolute Gasteiger partial charge is 0.360 e. The van der Waals surface area contributed by atoms with Gasteiger partial charge in [0.15, 0.2) is 0 Å². The van der Waals surface area contributed by atoms with Gasteiger partial charge in [-0.3, -0.25) is 4.79 Å². The standard InChI is InChI=1S/C18H15N5OS/c1-12-15-10-16(17(24)21-20-11-13-6-5-9-19-13)25-18(15)23(22-12)14-7-3-2-4-8-14/h2-11,19H,1H3,(H,21,24)/b20-11+. The Balaban J connectivity index is 1.62. The van der Waals surface area contributed by atoms with Crippen molar-refractivity contribution in [3.05, 3.63) is 71.0 Å². The molecule has 1 amide bonds. The number of hydrogen-bond acceptors (Lipinski definition) is 4. The second-order valence-corrected chi connectivity index (χ2v) is 6.52. The third-order valence-electron chi connectivity index (χ3n) is 3.76. The maximum absolute atomic E-state index is 12.3. The van der Waals surface area contributed by atoms with Crippen LogP contribution in [0.25, 0.3) is 15.9 Å². The molecule has 3 heterocycles. The molecule has 0 radical (unpaired) electrons. The fraction of sp³-hybridized carbons (Fsp3) is 0.0556. The first-order valence-corrected chi connectivity index (χ1v) is 8.55. The molecular weight excluding hydrogens is 334 g/mol. The summed E-state index contributed by atoms with van der Waals surface area (Å²) < 4.78 is 1.87. The number of fused-ring (bicyclic) bond motifs is 1. The molecule has 0 fully saturated rings. The van der Waals surface area contributed by atoms with Gasteiger partial charge in [-0.15, -0.1) is 11.3 Å². The van der Waals surface area contributed by atoms with Crippen LogP contribution in [0.4, 0.5) is 0 Å². The molecule has 0 unspecified atom stereocenters. The lowest BCUT2D eigenvalue weighted by atomic mass is 10.3. The molecule has 3 aromatic heterocycles. The molecular formula is C18H15N5OS. The molecule has 124 valence electrons. The summed E-state index contributed by atoms with van der Waals surface area (Å²) in [5.41, 5.74) is 5.25. The lowest BCUT2D eigenvalue weighted by molar-refractivity contribution is 0.0959. The second kappa shape index (κ2) is 6.37. The zero-order chi connectivity index (χ0) is 17.2. The molecule has 0 aliphatic heterocycles. The van der Waals surface area contributed by atoms with Crippen molar-refractivity contribution in [2.45, 2.75) is 6.92 Å². The Labute approximate surface area is 147 Å². The maximum atomic E-state index is 12.3. The van der Waals surface area contributed by atoms with Gasteiger partial charge < -0.3 is 4.98 Å². The molecule has 0 aliphatic rings. The van der Waals surface area contributed by atoms with Crippen molar-refractivity contribution in [3.63, 3.8) is 0 Å². The van der Waals surface area contributed by atoms with Crippen LogP contribution in [0.5, 0.6) is 0 Å². The number of nitrogens with one attached hydrogen (secondary N) is 2. The molecule has 0 saturated carbocycles. The predicted molar refractivity (Wildman–Crippen MR) is 99.5 cm³/mol. The lowest BCUT2D eigenvalue weighted by Crippen LogP contribution is -2.16. The number of H-pyrrole nitrogens is 1. The van der Waals surface area contributed by atoms with E-state index in [1.54, 1.807) is 12.4 Å². The van der Waals surface area contributed by atoms with Crippen molar-refractivity contribution >= 4 is 33.7 Å². The monoisotopic (exact) mass is 349 g/mol. The molecule has 0 bridgehead atoms. The maximum Gasteiger partial charge on any atom is 0.281 e. The van der Waals surface area contributed by atoms with Gasteiger partial charge in [-0.25, -0.2) is 10.1 Å². The van der Waals surface area contributed by atoms with Crippen molar-refractivity contribution in [2.24, 2.45) is 5.10 Å². The Morgan fingerprint density at radius 1 is 1.28 bits per heavy atom. The van der Waals surface area contributed by atoms with Crippen LogP contribution in [-0.2, 0) is 0 Å². The van der Waals surface area contributed by atoms with Crippen molar-refractivity contribution in [2.75, 3.05) is 0 Å². The number of amides is 1. The highest BCUT2D eigenvalue weighted by molar-refractivity contribution is 7.20. The van der Waals surface area contributed by atoms with E-state index in [1.165, 1.54) is 11.3 Å². The van der Waals surface area contributed by atoms with Gasteiger partial charge in [-0.05, 0) is 37.3 Å². The first-order valence-electron chi connectivity index (χ1n) is 7.74. The van der Waals surface area contributed by atoms with Gasteiger partial charge in [0.25, 0.3) is 5.91 Å². The molecule has 0 spiro atoms. The number of aromatic nitrogens is 3. The van der Waals surface area contributed by atoms with E-state index in [2.05, 4.69) is 20.6 Å². The quantitative estimate of drug-likeness (QED) is 0.437. The summed E-state index contributed by atoms with van der Waals surface area (Å²) in [4.78, 5) is 16.9. The minimum absolute atomic E-state index is 0.233. The van der Waals surface area contributed by atoms with Gasteiger partial charge in [0.2, 0.25) is 0 Å². The summed E-state index contributed by atoms with van der Waals surface area (Å²) in [7, 11) is 0. The predicted octanol–water partition coefficient (Wildman–Crippen LogP) is 3.49. The number of aromatic amines is 1. The number of hydrogen-bond donors (Lipinski definition) is 2. The van der Waals surface area contributed by atoms with E-state index in [9.17, 15) is 4.79 Å². The average Bonchev–Trinajstić information content (AvgIpc) is 3.34. The Hall–Kier alpha value is -3.19. The Kier molecular flexibility index (Phi) is 3.91. The average molecular weight is 349 g/mol. The molecule has 25 heavy (non-hydrogen) atoms. The van der Waals surface area contributed by atoms with Crippen LogP contribution >= 0.6 is 11.3 Å². The molecule has 1 aromatic carbocycles. The zero-order valence-corrected chi connectivity index (χ0v) is 14.2. The molecule has 0 saturated heterocycles. The number of hydrazone groups is 1. The van der Waals surface area contributed by atoms with Gasteiger partial charge in [-0.1, -0.05) is 18.2 Å². The third-order valence-corrected chi connectivity index (χ3v) is 4.87. The molecule has 4 aromatic rings. The van der Waals surface area contributed by atoms with Crippen LogP contribution < -0.4 is 5.43 Å². The van der Waals surface area contributed by atoms with Gasteiger partial charge in [-0.2, -0.15) is 10.2 Å². The third kappa shape index (κ3) is 2.97. The van der Waals surface area contributed by atoms with Crippen molar-refractivity contribution in [3.8, 4) is 5.69 Å². The fourth-order valence-corrected chi connectivity index (χ4v) is 3.62. The van der Waals surface area contributed by atoms with Crippen molar-refractivity contribution < 1.29 is 4.79 Å². The highest BCUT2D eigenvalue weighted by Gasteiger charge is 2.16. The summed E-state index contributed by atoms with van der Waals surface area (Å²) in [6.07, 6.45) is 3.37. The Morgan fingerprint density at radius 3 is 2.88 bits per heavy atom. The van der Waals surface area contributed by atoms with E-state index in [-0.39, 0.29) is 5.91 Å². The van der Waals surface area contributed by atoms with Gasteiger partial charge >= 0.3 is 0 Å². The molecule has 0 atom stereocenters. The van der Waals surface area contributed by atoms with Crippen molar-refractivity contribution in [1.29, 1.82) is 0 Å². The lowest BCUT2D eigenvalue weighted by Gasteiger charge is -2.01. The number of nitrogens with zero attached hydrogens (tertiary/aromatic N) is 3. The van der Waals surface area contributed by atoms with E-state index in [1.807, 2.05) is 60.1 Å². The normalized spacial score (nSPS) is 11.4. The number of thiophene rings is 1. The molecule has 7 heteroatoms. The number of aryl methyl sites for hydroxylation is 1. The van der Waals surface area contributed by atoms with Gasteiger partial charge in [0.05, 0.1) is 28.2 Å². The van der Waals surface area contributed by atoms with Gasteiger partial charge in [0, 0.05) is 11.6 Å². The van der Waals surface area contributed by atoms with Gasteiger partial charge in [0.1, 0.15) is 4.83 Å². The van der Waals surface area contributed by atoms with Crippen LogP contribution in [0.3, 0.4) is 0 Å². The summed E-state index contributed by atoms with van der Waals surface area (Å²) in [5, 5.41) is 9.53. The number of carbonyl (C=O) groups is 1. The molecule has 4 rings (SSSR count). The minimum atomic E-state index is -0.233. The summed E-state index contributed by atoms with van der Waals surface area (Å²) in [6, 6.07) is 15.5. The highest BCUT2D eigenvalue weighted by atomic mass is 32.1. The number of para-hydroxylation sites is 1. The minimum Gasteiger partial charge on any atom is -0.360 e. The zero-order valence-electron chi connectivity index (χ0n) is 13.4. The highest BCUT2D eigenvalue weighted by Crippen LogP contribution is 2.30.